The van der Waals surface area contributed by atoms with Gasteiger partial charge < -0.3 is 15.2 Å². The van der Waals surface area contributed by atoms with Crippen molar-refractivity contribution in [1.29, 1.82) is 0 Å². The summed E-state index contributed by atoms with van der Waals surface area (Å²) in [6, 6.07) is -0.138. The fourth-order valence-corrected chi connectivity index (χ4v) is 3.42. The molecule has 0 radical (unpaired) electrons. The van der Waals surface area contributed by atoms with Gasteiger partial charge in [0.1, 0.15) is 16.0 Å². The third-order valence-electron chi connectivity index (χ3n) is 3.77. The Balaban J connectivity index is 2.07. The molecule has 1 saturated carbocycles. The highest BCUT2D eigenvalue weighted by atomic mass is 32.1. The number of aliphatic hydroxyl groups excluding tert-OH is 1. The van der Waals surface area contributed by atoms with E-state index in [9.17, 15) is 9.90 Å². The minimum atomic E-state index is -0.432. The average molecular weight is 298 g/mol. The fraction of sp³-hybridized carbons (Fsp3) is 0.714. The van der Waals surface area contributed by atoms with Crippen molar-refractivity contribution in [3.05, 3.63) is 15.6 Å². The molecule has 3 atom stereocenters. The lowest BCUT2D eigenvalue weighted by molar-refractivity contribution is 0.0719. The predicted molar refractivity (Wildman–Crippen MR) is 78.0 cm³/mol. The van der Waals surface area contributed by atoms with Gasteiger partial charge in [-0.1, -0.05) is 12.8 Å². The third-order valence-corrected chi connectivity index (χ3v) is 5.08. The second-order valence-electron chi connectivity index (χ2n) is 5.28. The highest BCUT2D eigenvalue weighted by Crippen LogP contribution is 2.26. The quantitative estimate of drug-likeness (QED) is 0.894. The molecule has 0 saturated heterocycles. The number of hydrogen-bond acceptors (Lipinski definition) is 5. The van der Waals surface area contributed by atoms with E-state index in [0.717, 1.165) is 36.4 Å². The molecule has 0 aromatic carbocycles. The molecule has 112 valence electrons. The Bertz CT molecular complexity index is 475. The molecule has 2 rings (SSSR count). The molecule has 1 fully saturated rings. The second kappa shape index (κ2) is 6.65. The summed E-state index contributed by atoms with van der Waals surface area (Å²) in [5, 5.41) is 13.7. The molecule has 3 unspecified atom stereocenters. The number of carbonyl (C=O) groups is 1. The average Bonchev–Trinajstić information content (AvgIpc) is 2.82. The van der Waals surface area contributed by atoms with Gasteiger partial charge in [0.2, 0.25) is 0 Å². The minimum Gasteiger partial charge on any atom is -0.391 e. The zero-order chi connectivity index (χ0) is 14.7. The molecule has 1 aliphatic carbocycles. The van der Waals surface area contributed by atoms with Crippen molar-refractivity contribution >= 4 is 17.2 Å². The molecule has 0 aliphatic heterocycles. The first-order valence-electron chi connectivity index (χ1n) is 7.02. The number of aliphatic hydroxyl groups is 1. The van der Waals surface area contributed by atoms with E-state index >= 15 is 0 Å². The first kappa shape index (κ1) is 15.4. The van der Waals surface area contributed by atoms with Gasteiger partial charge in [-0.2, -0.15) is 0 Å². The van der Waals surface area contributed by atoms with Gasteiger partial charge in [0.05, 0.1) is 17.8 Å². The molecule has 5 nitrogen and oxygen atoms in total. The van der Waals surface area contributed by atoms with Crippen LogP contribution < -0.4 is 5.32 Å². The molecule has 1 aromatic heterocycles. The Hall–Kier alpha value is -0.980. The van der Waals surface area contributed by atoms with Crippen LogP contribution in [-0.2, 0) is 4.74 Å². The maximum absolute atomic E-state index is 12.3. The van der Waals surface area contributed by atoms with E-state index in [1.165, 1.54) is 11.3 Å². The number of nitrogens with zero attached hydrogens (tertiary/aromatic N) is 1. The van der Waals surface area contributed by atoms with Crippen LogP contribution in [-0.4, -0.2) is 35.3 Å². The van der Waals surface area contributed by atoms with Gasteiger partial charge in [-0.05, 0) is 26.7 Å². The number of ether oxygens (including phenoxy) is 1. The van der Waals surface area contributed by atoms with E-state index in [2.05, 4.69) is 10.3 Å². The summed E-state index contributed by atoms with van der Waals surface area (Å²) in [4.78, 5) is 17.3. The summed E-state index contributed by atoms with van der Waals surface area (Å²) >= 11 is 1.36. The van der Waals surface area contributed by atoms with E-state index in [4.69, 9.17) is 4.74 Å². The van der Waals surface area contributed by atoms with E-state index < -0.39 is 6.10 Å². The van der Waals surface area contributed by atoms with Gasteiger partial charge in [0.25, 0.3) is 5.91 Å². The van der Waals surface area contributed by atoms with E-state index in [1.807, 2.05) is 13.8 Å². The summed E-state index contributed by atoms with van der Waals surface area (Å²) in [6.45, 7) is 3.74. The molecule has 1 amide bonds. The maximum atomic E-state index is 12.3. The molecule has 20 heavy (non-hydrogen) atoms. The molecular weight excluding hydrogens is 276 g/mol. The number of carbonyl (C=O) groups excluding carboxylic acids is 1. The van der Waals surface area contributed by atoms with Gasteiger partial charge >= 0.3 is 0 Å². The molecule has 0 spiro atoms. The standard InChI is InChI=1S/C14H22N2O3S/c1-8-12(20-14(15-8)9(2)19-3)13(18)16-10-6-4-5-7-11(10)17/h9-11,17H,4-7H2,1-3H3,(H,16,18). The van der Waals surface area contributed by atoms with Crippen molar-refractivity contribution < 1.29 is 14.6 Å². The number of thiazole rings is 1. The third kappa shape index (κ3) is 3.37. The highest BCUT2D eigenvalue weighted by molar-refractivity contribution is 7.13. The highest BCUT2D eigenvalue weighted by Gasteiger charge is 2.26. The lowest BCUT2D eigenvalue weighted by atomic mass is 9.92. The zero-order valence-corrected chi connectivity index (χ0v) is 13.0. The second-order valence-corrected chi connectivity index (χ2v) is 6.31. The minimum absolute atomic E-state index is 0.111. The van der Waals surface area contributed by atoms with E-state index in [1.54, 1.807) is 7.11 Å². The van der Waals surface area contributed by atoms with Gasteiger partial charge in [0, 0.05) is 7.11 Å². The van der Waals surface area contributed by atoms with E-state index in [-0.39, 0.29) is 18.1 Å². The lowest BCUT2D eigenvalue weighted by Crippen LogP contribution is -2.45. The van der Waals surface area contributed by atoms with E-state index in [0.29, 0.717) is 4.88 Å². The van der Waals surface area contributed by atoms with Crippen LogP contribution in [0.15, 0.2) is 0 Å². The fourth-order valence-electron chi connectivity index (χ4n) is 2.42. The Kier molecular flexibility index (Phi) is 5.12. The largest absolute Gasteiger partial charge is 0.391 e. The summed E-state index contributed by atoms with van der Waals surface area (Å²) in [5.74, 6) is -0.138. The van der Waals surface area contributed by atoms with Crippen LogP contribution in [0.1, 0.15) is 59.1 Å². The van der Waals surface area contributed by atoms with Gasteiger partial charge in [0.15, 0.2) is 0 Å². The molecule has 6 heteroatoms. The van der Waals surface area contributed by atoms with Crippen molar-refractivity contribution in [2.75, 3.05) is 7.11 Å². The summed E-state index contributed by atoms with van der Waals surface area (Å²) in [7, 11) is 1.62. The van der Waals surface area contributed by atoms with Crippen LogP contribution in [0, 0.1) is 6.92 Å². The normalized spacial score (nSPS) is 24.4. The number of amides is 1. The first-order chi connectivity index (χ1) is 9.52. The van der Waals surface area contributed by atoms with Gasteiger partial charge in [-0.3, -0.25) is 4.79 Å². The Morgan fingerprint density at radius 1 is 1.50 bits per heavy atom. The molecule has 1 aliphatic rings. The Morgan fingerprint density at radius 3 is 2.85 bits per heavy atom. The molecule has 2 N–H and O–H groups in total. The number of aromatic nitrogens is 1. The Labute approximate surface area is 123 Å². The van der Waals surface area contributed by atoms with Crippen molar-refractivity contribution in [2.45, 2.75) is 57.8 Å². The van der Waals surface area contributed by atoms with Crippen molar-refractivity contribution in [1.82, 2.24) is 10.3 Å². The van der Waals surface area contributed by atoms with Crippen molar-refractivity contribution in [3.8, 4) is 0 Å². The predicted octanol–water partition coefficient (Wildman–Crippen LogP) is 2.19. The summed E-state index contributed by atoms with van der Waals surface area (Å²) in [6.07, 6.45) is 3.14. The van der Waals surface area contributed by atoms with Crippen LogP contribution in [0.4, 0.5) is 0 Å². The maximum Gasteiger partial charge on any atom is 0.263 e. The summed E-state index contributed by atoms with van der Waals surface area (Å²) < 4.78 is 5.23. The van der Waals surface area contributed by atoms with Crippen LogP contribution in [0.3, 0.4) is 0 Å². The lowest BCUT2D eigenvalue weighted by Gasteiger charge is -2.28. The Morgan fingerprint density at radius 2 is 2.20 bits per heavy atom. The van der Waals surface area contributed by atoms with Crippen LogP contribution in [0.2, 0.25) is 0 Å². The van der Waals surface area contributed by atoms with Crippen LogP contribution in [0.5, 0.6) is 0 Å². The number of methoxy groups -OCH3 is 1. The molecule has 1 aromatic rings. The zero-order valence-electron chi connectivity index (χ0n) is 12.2. The topological polar surface area (TPSA) is 71.5 Å². The molecular formula is C14H22N2O3S. The van der Waals surface area contributed by atoms with Gasteiger partial charge in [-0.25, -0.2) is 4.98 Å². The smallest absolute Gasteiger partial charge is 0.263 e. The number of hydrogen-bond donors (Lipinski definition) is 2. The van der Waals surface area contributed by atoms with Gasteiger partial charge in [-0.15, -0.1) is 11.3 Å². The SMILES string of the molecule is COC(C)c1nc(C)c(C(=O)NC2CCCCC2O)s1. The van der Waals surface area contributed by atoms with Crippen molar-refractivity contribution in [3.63, 3.8) is 0 Å². The van der Waals surface area contributed by atoms with Crippen LogP contribution >= 0.6 is 11.3 Å². The number of nitrogens with one attached hydrogen (secondary N) is 1. The first-order valence-corrected chi connectivity index (χ1v) is 7.83. The molecule has 1 heterocycles. The van der Waals surface area contributed by atoms with Crippen molar-refractivity contribution in [2.24, 2.45) is 0 Å². The monoisotopic (exact) mass is 298 g/mol. The molecule has 0 bridgehead atoms. The number of rotatable bonds is 4. The van der Waals surface area contributed by atoms with Crippen LogP contribution in [0.25, 0.3) is 0 Å². The number of aryl methyl sites for hydroxylation is 1. The summed E-state index contributed by atoms with van der Waals surface area (Å²) in [5.41, 5.74) is 0.719.